The molecule has 0 radical (unpaired) electrons. The first kappa shape index (κ1) is 36.1. The summed E-state index contributed by atoms with van der Waals surface area (Å²) in [5, 5.41) is 22.2. The van der Waals surface area contributed by atoms with Gasteiger partial charge in [-0.3, -0.25) is 0 Å². The third-order valence-corrected chi connectivity index (χ3v) is 8.96. The Balaban J connectivity index is 2.77. The van der Waals surface area contributed by atoms with Gasteiger partial charge >= 0.3 is 0 Å². The molecule has 228 valence electrons. The highest BCUT2D eigenvalue weighted by atomic mass is 35.5. The lowest BCUT2D eigenvalue weighted by molar-refractivity contribution is 0.396. The van der Waals surface area contributed by atoms with Crippen LogP contribution in [0.1, 0.15) is 192 Å². The number of rotatable bonds is 27. The molecule has 0 saturated carbocycles. The molecule has 0 spiro atoms. The minimum atomic E-state index is -0.0829. The molecule has 0 aromatic heterocycles. The Morgan fingerprint density at radius 3 is 1.00 bits per heavy atom. The van der Waals surface area contributed by atoms with Gasteiger partial charge in [-0.05, 0) is 49.7 Å². The number of aromatic hydroxyl groups is 2. The van der Waals surface area contributed by atoms with Gasteiger partial charge in [-0.15, -0.1) is 0 Å². The minimum Gasteiger partial charge on any atom is -0.504 e. The van der Waals surface area contributed by atoms with Crippen LogP contribution in [0.2, 0.25) is 5.02 Å². The third-order valence-electron chi connectivity index (χ3n) is 8.55. The van der Waals surface area contributed by atoms with Crippen molar-refractivity contribution < 1.29 is 10.2 Å². The summed E-state index contributed by atoms with van der Waals surface area (Å²) >= 11 is 6.72. The van der Waals surface area contributed by atoms with Gasteiger partial charge in [0.25, 0.3) is 0 Å². The number of halogens is 1. The van der Waals surface area contributed by atoms with E-state index in [1.807, 2.05) is 0 Å². The molecular weight excluding hydrogens is 500 g/mol. The molecule has 1 aromatic carbocycles. The van der Waals surface area contributed by atoms with Crippen LogP contribution in [-0.4, -0.2) is 10.2 Å². The standard InChI is InChI=1S/C36H65ClO2/c1-4-7-10-13-16-19-22-25-28-31-32(29-26-23-20-17-14-11-8-5-2)34(37)36(39)35(38)33(31)30-27-24-21-18-15-12-9-6-3/h38-39H,4-30H2,1-3H3. The van der Waals surface area contributed by atoms with E-state index in [1.165, 1.54) is 140 Å². The maximum atomic E-state index is 11.0. The number of hydrogen-bond donors (Lipinski definition) is 2. The van der Waals surface area contributed by atoms with Crippen LogP contribution < -0.4 is 0 Å². The normalized spacial score (nSPS) is 11.5. The van der Waals surface area contributed by atoms with E-state index in [0.717, 1.165) is 49.7 Å². The molecule has 2 N–H and O–H groups in total. The molecule has 0 amide bonds. The predicted octanol–water partition coefficient (Wildman–Crippen LogP) is 12.8. The van der Waals surface area contributed by atoms with E-state index in [0.29, 0.717) is 5.02 Å². The summed E-state index contributed by atoms with van der Waals surface area (Å²) in [4.78, 5) is 0. The molecule has 0 atom stereocenters. The molecular formula is C36H65ClO2. The predicted molar refractivity (Wildman–Crippen MR) is 174 cm³/mol. The van der Waals surface area contributed by atoms with Gasteiger partial charge in [-0.2, -0.15) is 0 Å². The summed E-state index contributed by atoms with van der Waals surface area (Å²) in [6, 6.07) is 0. The lowest BCUT2D eigenvalue weighted by atomic mass is 9.88. The van der Waals surface area contributed by atoms with Crippen LogP contribution in [0.5, 0.6) is 11.5 Å². The molecule has 0 fully saturated rings. The summed E-state index contributed by atoms with van der Waals surface area (Å²) in [6.07, 6.45) is 33.6. The molecule has 0 aliphatic rings. The average Bonchev–Trinajstić information content (AvgIpc) is 2.94. The molecule has 0 bridgehead atoms. The smallest absolute Gasteiger partial charge is 0.177 e. The van der Waals surface area contributed by atoms with Crippen molar-refractivity contribution in [2.75, 3.05) is 0 Å². The first-order valence-electron chi connectivity index (χ1n) is 17.3. The van der Waals surface area contributed by atoms with Crippen molar-refractivity contribution in [3.05, 3.63) is 21.7 Å². The number of unbranched alkanes of at least 4 members (excludes halogenated alkanes) is 21. The first-order chi connectivity index (χ1) is 19.1. The van der Waals surface area contributed by atoms with Gasteiger partial charge in [0.15, 0.2) is 11.5 Å². The highest BCUT2D eigenvalue weighted by Gasteiger charge is 2.22. The maximum absolute atomic E-state index is 11.0. The molecule has 0 heterocycles. The zero-order valence-electron chi connectivity index (χ0n) is 26.4. The molecule has 2 nitrogen and oxygen atoms in total. The Hall–Kier alpha value is -0.890. The molecule has 3 heteroatoms. The molecule has 0 aliphatic heterocycles. The highest BCUT2D eigenvalue weighted by Crippen LogP contribution is 2.43. The third kappa shape index (κ3) is 16.2. The molecule has 0 saturated heterocycles. The van der Waals surface area contributed by atoms with Crippen LogP contribution in [-0.2, 0) is 19.3 Å². The summed E-state index contributed by atoms with van der Waals surface area (Å²) in [5.41, 5.74) is 3.36. The summed E-state index contributed by atoms with van der Waals surface area (Å²) < 4.78 is 0. The Kier molecular flexibility index (Phi) is 23.0. The van der Waals surface area contributed by atoms with Crippen molar-refractivity contribution in [2.24, 2.45) is 0 Å². The van der Waals surface area contributed by atoms with E-state index in [1.54, 1.807) is 0 Å². The van der Waals surface area contributed by atoms with Crippen molar-refractivity contribution in [2.45, 2.75) is 194 Å². The van der Waals surface area contributed by atoms with Crippen LogP contribution in [0.4, 0.5) is 0 Å². The van der Waals surface area contributed by atoms with Crippen molar-refractivity contribution in [3.8, 4) is 11.5 Å². The number of phenolic OH excluding ortho intramolecular Hbond substituents is 2. The molecule has 0 unspecified atom stereocenters. The van der Waals surface area contributed by atoms with Crippen LogP contribution in [0.15, 0.2) is 0 Å². The van der Waals surface area contributed by atoms with Gasteiger partial charge in [0.2, 0.25) is 0 Å². The Morgan fingerprint density at radius 1 is 0.359 bits per heavy atom. The van der Waals surface area contributed by atoms with E-state index < -0.39 is 0 Å². The Bertz CT molecular complexity index is 667. The van der Waals surface area contributed by atoms with Crippen molar-refractivity contribution in [1.82, 2.24) is 0 Å². The van der Waals surface area contributed by atoms with Crippen molar-refractivity contribution in [3.63, 3.8) is 0 Å². The van der Waals surface area contributed by atoms with Gasteiger partial charge in [-0.25, -0.2) is 0 Å². The van der Waals surface area contributed by atoms with E-state index in [-0.39, 0.29) is 11.5 Å². The fourth-order valence-electron chi connectivity index (χ4n) is 5.99. The zero-order valence-corrected chi connectivity index (χ0v) is 27.1. The van der Waals surface area contributed by atoms with Crippen LogP contribution >= 0.6 is 11.6 Å². The topological polar surface area (TPSA) is 40.5 Å². The zero-order chi connectivity index (χ0) is 28.6. The van der Waals surface area contributed by atoms with Crippen LogP contribution in [0.25, 0.3) is 0 Å². The lowest BCUT2D eigenvalue weighted by Crippen LogP contribution is -2.04. The van der Waals surface area contributed by atoms with Crippen LogP contribution in [0.3, 0.4) is 0 Å². The first-order valence-corrected chi connectivity index (χ1v) is 17.7. The summed E-state index contributed by atoms with van der Waals surface area (Å²) in [5.74, 6) is -0.0299. The van der Waals surface area contributed by atoms with Gasteiger partial charge in [0, 0.05) is 5.56 Å². The maximum Gasteiger partial charge on any atom is 0.177 e. The van der Waals surface area contributed by atoms with E-state index >= 15 is 0 Å². The fourth-order valence-corrected chi connectivity index (χ4v) is 6.28. The van der Waals surface area contributed by atoms with Gasteiger partial charge in [0.05, 0.1) is 5.02 Å². The number of hydrogen-bond acceptors (Lipinski definition) is 2. The second-order valence-electron chi connectivity index (χ2n) is 12.1. The molecule has 39 heavy (non-hydrogen) atoms. The van der Waals surface area contributed by atoms with Gasteiger partial charge < -0.3 is 10.2 Å². The summed E-state index contributed by atoms with van der Waals surface area (Å²) in [7, 11) is 0. The molecule has 1 rings (SSSR count). The SMILES string of the molecule is CCCCCCCCCCc1c(O)c(O)c(Cl)c(CCCCCCCCCC)c1CCCCCCCCCC. The number of benzene rings is 1. The lowest BCUT2D eigenvalue weighted by Gasteiger charge is -2.20. The summed E-state index contributed by atoms with van der Waals surface area (Å²) in [6.45, 7) is 6.81. The monoisotopic (exact) mass is 564 g/mol. The second-order valence-corrected chi connectivity index (χ2v) is 12.5. The number of phenols is 2. The minimum absolute atomic E-state index is 0.0529. The molecule has 0 aliphatic carbocycles. The van der Waals surface area contributed by atoms with E-state index in [9.17, 15) is 10.2 Å². The fraction of sp³-hybridized carbons (Fsp3) is 0.833. The van der Waals surface area contributed by atoms with Gasteiger partial charge in [0.1, 0.15) is 0 Å². The largest absolute Gasteiger partial charge is 0.504 e. The molecule has 1 aromatic rings. The van der Waals surface area contributed by atoms with E-state index in [4.69, 9.17) is 11.6 Å². The highest BCUT2D eigenvalue weighted by molar-refractivity contribution is 6.33. The van der Waals surface area contributed by atoms with Crippen molar-refractivity contribution >= 4 is 11.6 Å². The average molecular weight is 565 g/mol. The van der Waals surface area contributed by atoms with Crippen molar-refractivity contribution in [1.29, 1.82) is 0 Å². The van der Waals surface area contributed by atoms with E-state index in [2.05, 4.69) is 20.8 Å². The van der Waals surface area contributed by atoms with Gasteiger partial charge in [-0.1, -0.05) is 167 Å². The Labute approximate surface area is 248 Å². The Morgan fingerprint density at radius 2 is 0.641 bits per heavy atom. The second kappa shape index (κ2) is 24.9. The quantitative estimate of drug-likeness (QED) is 0.0823. The van der Waals surface area contributed by atoms with Crippen LogP contribution in [0, 0.1) is 0 Å².